The smallest absolute Gasteiger partial charge is 0.272 e. The van der Waals surface area contributed by atoms with Gasteiger partial charge in [-0.3, -0.25) is 9.78 Å². The summed E-state index contributed by atoms with van der Waals surface area (Å²) < 4.78 is 0. The predicted molar refractivity (Wildman–Crippen MR) is 82.8 cm³/mol. The van der Waals surface area contributed by atoms with E-state index in [1.807, 2.05) is 6.07 Å². The van der Waals surface area contributed by atoms with Crippen LogP contribution < -0.4 is 11.1 Å². The molecule has 3 N–H and O–H groups in total. The van der Waals surface area contributed by atoms with Gasteiger partial charge in [-0.2, -0.15) is 0 Å². The minimum absolute atomic E-state index is 0.0798. The number of nitrogens with one attached hydrogen (secondary N) is 1. The van der Waals surface area contributed by atoms with Crippen LogP contribution in [0.2, 0.25) is 0 Å². The number of nitrogens with two attached hydrogens (primary N) is 1. The summed E-state index contributed by atoms with van der Waals surface area (Å²) in [7, 11) is 3.42. The average molecular weight is 278 g/mol. The number of nitrogens with zero attached hydrogens (tertiary/aromatic N) is 2. The van der Waals surface area contributed by atoms with Gasteiger partial charge in [0, 0.05) is 38.6 Å². The number of pyridine rings is 1. The molecule has 0 spiro atoms. The third-order valence-corrected chi connectivity index (χ3v) is 2.83. The molecule has 5 heteroatoms. The zero-order chi connectivity index (χ0) is 15.3. The summed E-state index contributed by atoms with van der Waals surface area (Å²) in [4.78, 5) is 17.4. The first-order valence-corrected chi connectivity index (χ1v) is 6.86. The molecule has 0 bridgehead atoms. The molecule has 0 aliphatic heterocycles. The molecule has 1 aromatic heterocycles. The van der Waals surface area contributed by atoms with Gasteiger partial charge in [0.1, 0.15) is 5.69 Å². The summed E-state index contributed by atoms with van der Waals surface area (Å²) in [5.41, 5.74) is 7.62. The van der Waals surface area contributed by atoms with E-state index in [4.69, 9.17) is 5.73 Å². The minimum atomic E-state index is -0.104. The Kier molecular flexibility index (Phi) is 5.51. The second kappa shape index (κ2) is 6.70. The average Bonchev–Trinajstić information content (AvgIpc) is 2.33. The Balaban J connectivity index is 2.61. The molecule has 1 atom stereocenters. The fourth-order valence-corrected chi connectivity index (χ4v) is 1.99. The van der Waals surface area contributed by atoms with Crippen LogP contribution in [0.25, 0.3) is 0 Å². The van der Waals surface area contributed by atoms with Gasteiger partial charge in [-0.1, -0.05) is 20.8 Å². The highest BCUT2D eigenvalue weighted by molar-refractivity contribution is 5.92. The van der Waals surface area contributed by atoms with E-state index in [0.29, 0.717) is 12.2 Å². The van der Waals surface area contributed by atoms with Gasteiger partial charge in [0.25, 0.3) is 5.91 Å². The second-order valence-corrected chi connectivity index (χ2v) is 6.54. The van der Waals surface area contributed by atoms with Crippen molar-refractivity contribution in [1.82, 2.24) is 9.88 Å². The molecule has 0 saturated carbocycles. The van der Waals surface area contributed by atoms with E-state index in [0.717, 1.165) is 12.1 Å². The summed E-state index contributed by atoms with van der Waals surface area (Å²) in [5, 5.41) is 3.27. The Labute approximate surface area is 121 Å². The highest BCUT2D eigenvalue weighted by atomic mass is 16.2. The lowest BCUT2D eigenvalue weighted by molar-refractivity contribution is 0.0822. The number of carbonyl (C=O) groups is 1. The van der Waals surface area contributed by atoms with Crippen molar-refractivity contribution in [2.75, 3.05) is 26.0 Å². The van der Waals surface area contributed by atoms with Crippen LogP contribution in [-0.4, -0.2) is 42.5 Å². The monoisotopic (exact) mass is 278 g/mol. The molecule has 0 aliphatic carbocycles. The fraction of sp³-hybridized carbons (Fsp3) is 0.600. The molecule has 1 rings (SSSR count). The molecule has 1 heterocycles. The third kappa shape index (κ3) is 5.57. The van der Waals surface area contributed by atoms with Gasteiger partial charge in [0.05, 0.1) is 0 Å². The maximum atomic E-state index is 11.8. The van der Waals surface area contributed by atoms with E-state index in [1.165, 1.54) is 4.90 Å². The number of amides is 1. The molecule has 0 aromatic carbocycles. The van der Waals surface area contributed by atoms with Gasteiger partial charge in [-0.25, -0.2) is 0 Å². The molecule has 1 amide bonds. The Morgan fingerprint density at radius 3 is 2.65 bits per heavy atom. The number of carbonyl (C=O) groups excluding carboxylic acids is 1. The zero-order valence-corrected chi connectivity index (χ0v) is 13.1. The molecular formula is C15H26N4O. The van der Waals surface area contributed by atoms with Gasteiger partial charge >= 0.3 is 0 Å². The second-order valence-electron chi connectivity index (χ2n) is 6.54. The van der Waals surface area contributed by atoms with Crippen LogP contribution in [0.4, 0.5) is 5.69 Å². The van der Waals surface area contributed by atoms with Crippen LogP contribution in [-0.2, 0) is 0 Å². The molecular weight excluding hydrogens is 252 g/mol. The van der Waals surface area contributed by atoms with E-state index in [-0.39, 0.29) is 17.4 Å². The molecule has 1 unspecified atom stereocenters. The van der Waals surface area contributed by atoms with Crippen molar-refractivity contribution in [2.24, 2.45) is 11.1 Å². The Morgan fingerprint density at radius 1 is 1.45 bits per heavy atom. The van der Waals surface area contributed by atoms with Crippen molar-refractivity contribution in [1.29, 1.82) is 0 Å². The first-order valence-electron chi connectivity index (χ1n) is 6.86. The van der Waals surface area contributed by atoms with Crippen LogP contribution in [0.5, 0.6) is 0 Å². The summed E-state index contributed by atoms with van der Waals surface area (Å²) in [6, 6.07) is 3.68. The SMILES string of the molecule is CN(C)C(=O)c1cc(NCC(N)CC(C)(C)C)ccn1. The lowest BCUT2D eigenvalue weighted by atomic mass is 9.88. The quantitative estimate of drug-likeness (QED) is 0.863. The summed E-state index contributed by atoms with van der Waals surface area (Å²) in [6.07, 6.45) is 2.57. The van der Waals surface area contributed by atoms with Crippen molar-refractivity contribution < 1.29 is 4.79 Å². The Bertz CT molecular complexity index is 451. The molecule has 112 valence electrons. The highest BCUT2D eigenvalue weighted by Crippen LogP contribution is 2.20. The number of rotatable bonds is 5. The van der Waals surface area contributed by atoms with Crippen LogP contribution in [0.1, 0.15) is 37.7 Å². The minimum Gasteiger partial charge on any atom is -0.383 e. The molecule has 0 saturated heterocycles. The van der Waals surface area contributed by atoms with Gasteiger partial charge in [0.15, 0.2) is 0 Å². The zero-order valence-electron chi connectivity index (χ0n) is 13.1. The van der Waals surface area contributed by atoms with Crippen molar-refractivity contribution in [3.63, 3.8) is 0 Å². The van der Waals surface area contributed by atoms with E-state index in [9.17, 15) is 4.79 Å². The fourth-order valence-electron chi connectivity index (χ4n) is 1.99. The van der Waals surface area contributed by atoms with Crippen molar-refractivity contribution >= 4 is 11.6 Å². The number of hydrogen-bond acceptors (Lipinski definition) is 4. The summed E-state index contributed by atoms with van der Waals surface area (Å²) in [6.45, 7) is 7.20. The normalized spacial score (nSPS) is 12.9. The number of hydrogen-bond donors (Lipinski definition) is 2. The molecule has 1 aromatic rings. The first-order chi connectivity index (χ1) is 9.19. The Morgan fingerprint density at radius 2 is 2.10 bits per heavy atom. The van der Waals surface area contributed by atoms with E-state index in [1.54, 1.807) is 26.4 Å². The summed E-state index contributed by atoms with van der Waals surface area (Å²) >= 11 is 0. The van der Waals surface area contributed by atoms with Gasteiger partial charge in [0.2, 0.25) is 0 Å². The van der Waals surface area contributed by atoms with Gasteiger partial charge < -0.3 is 16.0 Å². The topological polar surface area (TPSA) is 71.2 Å². The maximum absolute atomic E-state index is 11.8. The van der Waals surface area contributed by atoms with Crippen LogP contribution in [0.15, 0.2) is 18.3 Å². The maximum Gasteiger partial charge on any atom is 0.272 e. The summed E-state index contributed by atoms with van der Waals surface area (Å²) in [5.74, 6) is -0.104. The predicted octanol–water partition coefficient (Wildman–Crippen LogP) is 1.96. The van der Waals surface area contributed by atoms with Gasteiger partial charge in [-0.15, -0.1) is 0 Å². The van der Waals surface area contributed by atoms with Crippen molar-refractivity contribution in [3.8, 4) is 0 Å². The molecule has 0 radical (unpaired) electrons. The lowest BCUT2D eigenvalue weighted by Gasteiger charge is -2.23. The molecule has 0 fully saturated rings. The third-order valence-electron chi connectivity index (χ3n) is 2.83. The van der Waals surface area contributed by atoms with E-state index >= 15 is 0 Å². The van der Waals surface area contributed by atoms with E-state index in [2.05, 4.69) is 31.1 Å². The van der Waals surface area contributed by atoms with Crippen LogP contribution in [0.3, 0.4) is 0 Å². The number of aromatic nitrogens is 1. The first kappa shape index (κ1) is 16.4. The van der Waals surface area contributed by atoms with Crippen LogP contribution >= 0.6 is 0 Å². The number of anilines is 1. The molecule has 20 heavy (non-hydrogen) atoms. The van der Waals surface area contributed by atoms with Crippen molar-refractivity contribution in [3.05, 3.63) is 24.0 Å². The lowest BCUT2D eigenvalue weighted by Crippen LogP contribution is -2.33. The standard InChI is InChI=1S/C15H26N4O/c1-15(2,3)9-11(16)10-18-12-6-7-17-13(8-12)14(20)19(4)5/h6-8,11H,9-10,16H2,1-5H3,(H,17,18). The highest BCUT2D eigenvalue weighted by Gasteiger charge is 2.15. The van der Waals surface area contributed by atoms with Gasteiger partial charge in [-0.05, 0) is 24.0 Å². The van der Waals surface area contributed by atoms with E-state index < -0.39 is 0 Å². The Hall–Kier alpha value is -1.62. The van der Waals surface area contributed by atoms with Crippen molar-refractivity contribution in [2.45, 2.75) is 33.2 Å². The van der Waals surface area contributed by atoms with Crippen LogP contribution in [0, 0.1) is 5.41 Å². The molecule has 0 aliphatic rings. The molecule has 5 nitrogen and oxygen atoms in total. The largest absolute Gasteiger partial charge is 0.383 e.